The molecule has 0 spiro atoms. The van der Waals surface area contributed by atoms with Crippen LogP contribution in [0.15, 0.2) is 23.1 Å². The molecule has 1 fully saturated rings. The maximum atomic E-state index is 12.6. The van der Waals surface area contributed by atoms with E-state index in [9.17, 15) is 21.6 Å². The molecule has 1 aromatic carbocycles. The fourth-order valence-electron chi connectivity index (χ4n) is 2.63. The number of halogens is 5. The first-order valence-electron chi connectivity index (χ1n) is 6.70. The van der Waals surface area contributed by atoms with Crippen LogP contribution in [-0.2, 0) is 16.2 Å². The van der Waals surface area contributed by atoms with Crippen molar-refractivity contribution in [1.29, 1.82) is 0 Å². The Kier molecular flexibility index (Phi) is 6.37. The molecule has 0 unspecified atom stereocenters. The Morgan fingerprint density at radius 1 is 1.26 bits per heavy atom. The summed E-state index contributed by atoms with van der Waals surface area (Å²) in [5, 5.41) is -0.465. The number of hydrogen-bond acceptors (Lipinski definition) is 3. The molecular weight excluding hydrogens is 376 g/mol. The Balaban J connectivity index is 0.00000264. The number of alkyl halides is 3. The molecule has 2 rings (SSSR count). The van der Waals surface area contributed by atoms with Crippen LogP contribution < -0.4 is 10.5 Å². The van der Waals surface area contributed by atoms with Crippen LogP contribution in [0.25, 0.3) is 0 Å². The molecule has 4 nitrogen and oxygen atoms in total. The maximum Gasteiger partial charge on any atom is 0.416 e. The molecular formula is C13H17Cl2F3N2O2S. The fraction of sp³-hybridized carbons (Fsp3) is 0.538. The number of rotatable bonds is 4. The standard InChI is InChI=1S/C13H16ClF3N2O2S.ClH/c14-10-7-9(13(15,16)17)3-4-11(10)22(20,21)19-12(8-18)5-1-2-6-12;/h3-4,7,19H,1-2,5-6,8,18H2;1H. The van der Waals surface area contributed by atoms with Crippen LogP contribution in [-0.4, -0.2) is 20.5 Å². The Labute approximate surface area is 144 Å². The lowest BCUT2D eigenvalue weighted by molar-refractivity contribution is -0.137. The minimum absolute atomic E-state index is 0. The van der Waals surface area contributed by atoms with Crippen molar-refractivity contribution in [2.45, 2.75) is 42.3 Å². The zero-order valence-electron chi connectivity index (χ0n) is 12.0. The molecule has 0 atom stereocenters. The third-order valence-electron chi connectivity index (χ3n) is 3.85. The molecule has 1 aromatic rings. The minimum Gasteiger partial charge on any atom is -0.329 e. The Bertz CT molecular complexity index is 660. The maximum absolute atomic E-state index is 12.6. The second kappa shape index (κ2) is 7.14. The summed E-state index contributed by atoms with van der Waals surface area (Å²) >= 11 is 5.74. The summed E-state index contributed by atoms with van der Waals surface area (Å²) in [7, 11) is -4.04. The van der Waals surface area contributed by atoms with Crippen LogP contribution in [0.5, 0.6) is 0 Å². The van der Waals surface area contributed by atoms with E-state index < -0.39 is 32.3 Å². The van der Waals surface area contributed by atoms with E-state index in [1.165, 1.54) is 0 Å². The molecule has 0 amide bonds. The second-order valence-electron chi connectivity index (χ2n) is 5.44. The first-order chi connectivity index (χ1) is 10.1. The number of sulfonamides is 1. The van der Waals surface area contributed by atoms with Gasteiger partial charge in [0.2, 0.25) is 10.0 Å². The topological polar surface area (TPSA) is 72.2 Å². The molecule has 3 N–H and O–H groups in total. The van der Waals surface area contributed by atoms with Crippen LogP contribution in [0.2, 0.25) is 5.02 Å². The molecule has 0 radical (unpaired) electrons. The normalized spacial score (nSPS) is 17.8. The minimum atomic E-state index is -4.58. The smallest absolute Gasteiger partial charge is 0.329 e. The lowest BCUT2D eigenvalue weighted by Crippen LogP contribution is -2.51. The highest BCUT2D eigenvalue weighted by Crippen LogP contribution is 2.35. The van der Waals surface area contributed by atoms with Gasteiger partial charge in [0, 0.05) is 12.1 Å². The van der Waals surface area contributed by atoms with Gasteiger partial charge in [-0.2, -0.15) is 13.2 Å². The molecule has 10 heteroatoms. The van der Waals surface area contributed by atoms with Crippen molar-refractivity contribution >= 4 is 34.0 Å². The molecule has 1 aliphatic carbocycles. The first-order valence-corrected chi connectivity index (χ1v) is 8.57. The predicted octanol–water partition coefficient (Wildman–Crippen LogP) is 3.33. The van der Waals surface area contributed by atoms with E-state index in [0.717, 1.165) is 18.9 Å². The lowest BCUT2D eigenvalue weighted by Gasteiger charge is -2.28. The monoisotopic (exact) mass is 392 g/mol. The van der Waals surface area contributed by atoms with Crippen molar-refractivity contribution in [3.8, 4) is 0 Å². The van der Waals surface area contributed by atoms with Gasteiger partial charge >= 0.3 is 6.18 Å². The molecule has 23 heavy (non-hydrogen) atoms. The highest BCUT2D eigenvalue weighted by Gasteiger charge is 2.38. The van der Waals surface area contributed by atoms with Gasteiger partial charge < -0.3 is 5.73 Å². The van der Waals surface area contributed by atoms with Crippen LogP contribution in [0.1, 0.15) is 31.2 Å². The van der Waals surface area contributed by atoms with Gasteiger partial charge in [-0.3, -0.25) is 0 Å². The summed E-state index contributed by atoms with van der Waals surface area (Å²) in [4.78, 5) is -0.373. The third kappa shape index (κ3) is 4.51. The summed E-state index contributed by atoms with van der Waals surface area (Å²) in [5.74, 6) is 0. The summed E-state index contributed by atoms with van der Waals surface area (Å²) in [5.41, 5.74) is 3.92. The number of nitrogens with one attached hydrogen (secondary N) is 1. The lowest BCUT2D eigenvalue weighted by atomic mass is 10.0. The molecule has 0 aromatic heterocycles. The number of benzene rings is 1. The summed E-state index contributed by atoms with van der Waals surface area (Å²) < 4.78 is 65.1. The van der Waals surface area contributed by atoms with E-state index in [0.29, 0.717) is 25.0 Å². The van der Waals surface area contributed by atoms with Crippen LogP contribution >= 0.6 is 24.0 Å². The van der Waals surface area contributed by atoms with Gasteiger partial charge in [-0.25, -0.2) is 13.1 Å². The van der Waals surface area contributed by atoms with E-state index in [1.54, 1.807) is 0 Å². The molecule has 0 heterocycles. The number of hydrogen-bond donors (Lipinski definition) is 2. The van der Waals surface area contributed by atoms with Gasteiger partial charge in [0.1, 0.15) is 4.90 Å². The molecule has 132 valence electrons. The van der Waals surface area contributed by atoms with Crippen molar-refractivity contribution in [1.82, 2.24) is 4.72 Å². The van der Waals surface area contributed by atoms with Gasteiger partial charge in [-0.05, 0) is 31.0 Å². The zero-order chi connectivity index (χ0) is 16.6. The van der Waals surface area contributed by atoms with Crippen molar-refractivity contribution in [3.05, 3.63) is 28.8 Å². The van der Waals surface area contributed by atoms with E-state index >= 15 is 0 Å². The van der Waals surface area contributed by atoms with Crippen molar-refractivity contribution in [3.63, 3.8) is 0 Å². The Morgan fingerprint density at radius 3 is 2.26 bits per heavy atom. The zero-order valence-corrected chi connectivity index (χ0v) is 14.4. The van der Waals surface area contributed by atoms with Gasteiger partial charge in [0.05, 0.1) is 10.6 Å². The quantitative estimate of drug-likeness (QED) is 0.825. The largest absolute Gasteiger partial charge is 0.416 e. The average Bonchev–Trinajstić information content (AvgIpc) is 2.85. The van der Waals surface area contributed by atoms with Gasteiger partial charge in [-0.15, -0.1) is 12.4 Å². The van der Waals surface area contributed by atoms with E-state index in [1.807, 2.05) is 0 Å². The van der Waals surface area contributed by atoms with Crippen LogP contribution in [0, 0.1) is 0 Å². The molecule has 1 aliphatic rings. The van der Waals surface area contributed by atoms with Crippen LogP contribution in [0.4, 0.5) is 13.2 Å². The third-order valence-corrected chi connectivity index (χ3v) is 5.91. The second-order valence-corrected chi connectivity index (χ2v) is 7.50. The molecule has 0 bridgehead atoms. The highest BCUT2D eigenvalue weighted by molar-refractivity contribution is 7.89. The predicted molar refractivity (Wildman–Crippen MR) is 84.3 cm³/mol. The van der Waals surface area contributed by atoms with Gasteiger partial charge in [0.25, 0.3) is 0 Å². The summed E-state index contributed by atoms with van der Waals surface area (Å²) in [6.07, 6.45) is -1.69. The van der Waals surface area contributed by atoms with Crippen molar-refractivity contribution in [2.75, 3.05) is 6.54 Å². The summed E-state index contributed by atoms with van der Waals surface area (Å²) in [6.45, 7) is 0.129. The number of nitrogens with two attached hydrogens (primary N) is 1. The SMILES string of the molecule is Cl.NCC1(NS(=O)(=O)c2ccc(C(F)(F)F)cc2Cl)CCCC1. The Hall–Kier alpha value is -0.540. The average molecular weight is 393 g/mol. The van der Waals surface area contributed by atoms with E-state index in [4.69, 9.17) is 17.3 Å². The fourth-order valence-corrected chi connectivity index (χ4v) is 4.65. The van der Waals surface area contributed by atoms with Crippen LogP contribution in [0.3, 0.4) is 0 Å². The molecule has 0 saturated heterocycles. The Morgan fingerprint density at radius 2 is 1.83 bits per heavy atom. The first kappa shape index (κ1) is 20.5. The van der Waals surface area contributed by atoms with E-state index in [-0.39, 0.29) is 23.8 Å². The van der Waals surface area contributed by atoms with Crippen molar-refractivity contribution < 1.29 is 21.6 Å². The molecule has 0 aliphatic heterocycles. The van der Waals surface area contributed by atoms with E-state index in [2.05, 4.69) is 4.72 Å². The van der Waals surface area contributed by atoms with Crippen molar-refractivity contribution in [2.24, 2.45) is 5.73 Å². The highest BCUT2D eigenvalue weighted by atomic mass is 35.5. The van der Waals surface area contributed by atoms with Gasteiger partial charge in [-0.1, -0.05) is 24.4 Å². The summed E-state index contributed by atoms with van der Waals surface area (Å²) in [6, 6.07) is 2.18. The molecule has 1 saturated carbocycles. The van der Waals surface area contributed by atoms with Gasteiger partial charge in [0.15, 0.2) is 0 Å².